The Balaban J connectivity index is 0.00000341. The number of pyridine rings is 1. The van der Waals surface area contributed by atoms with E-state index in [1.165, 1.54) is 0 Å². The van der Waals surface area contributed by atoms with Gasteiger partial charge in [-0.3, -0.25) is 0 Å². The SMILES string of the molecule is CCNC(=NCc1ccc(-n2nc(C)cc2C)nc1)NC(C)c1ccc(C)c(F)c1.I. The first-order valence-corrected chi connectivity index (χ1v) is 10.2. The maximum absolute atomic E-state index is 13.9. The molecule has 1 atom stereocenters. The van der Waals surface area contributed by atoms with Gasteiger partial charge in [-0.15, -0.1) is 24.0 Å². The molecule has 0 aliphatic heterocycles. The van der Waals surface area contributed by atoms with Crippen molar-refractivity contribution in [3.63, 3.8) is 0 Å². The van der Waals surface area contributed by atoms with Crippen molar-refractivity contribution in [2.75, 3.05) is 6.54 Å². The molecule has 1 aromatic carbocycles. The molecule has 6 nitrogen and oxygen atoms in total. The van der Waals surface area contributed by atoms with Crippen molar-refractivity contribution in [1.29, 1.82) is 0 Å². The molecule has 166 valence electrons. The van der Waals surface area contributed by atoms with E-state index >= 15 is 0 Å². The summed E-state index contributed by atoms with van der Waals surface area (Å²) in [7, 11) is 0. The number of rotatable bonds is 6. The van der Waals surface area contributed by atoms with Crippen LogP contribution in [0.3, 0.4) is 0 Å². The molecule has 31 heavy (non-hydrogen) atoms. The highest BCUT2D eigenvalue weighted by molar-refractivity contribution is 14.0. The second-order valence-corrected chi connectivity index (χ2v) is 7.43. The smallest absolute Gasteiger partial charge is 0.192 e. The number of nitrogens with zero attached hydrogens (tertiary/aromatic N) is 4. The Bertz CT molecular complexity index is 1030. The Morgan fingerprint density at radius 3 is 2.52 bits per heavy atom. The number of aromatic nitrogens is 3. The molecule has 0 fully saturated rings. The summed E-state index contributed by atoms with van der Waals surface area (Å²) < 4.78 is 15.7. The van der Waals surface area contributed by atoms with Crippen LogP contribution in [-0.4, -0.2) is 27.3 Å². The van der Waals surface area contributed by atoms with Crippen molar-refractivity contribution in [2.24, 2.45) is 4.99 Å². The minimum atomic E-state index is -0.197. The zero-order valence-corrected chi connectivity index (χ0v) is 20.9. The summed E-state index contributed by atoms with van der Waals surface area (Å²) in [6.07, 6.45) is 1.82. The standard InChI is InChI=1S/C23H29FN6.HI/c1-6-25-23(28-18(5)20-9-7-15(2)21(24)12-20)27-14-19-8-10-22(26-13-19)30-17(4)11-16(3)29-30;/h7-13,18H,6,14H2,1-5H3,(H2,25,27,28);1H. The van der Waals surface area contributed by atoms with Gasteiger partial charge in [0.15, 0.2) is 11.8 Å². The lowest BCUT2D eigenvalue weighted by Crippen LogP contribution is -2.38. The van der Waals surface area contributed by atoms with Gasteiger partial charge in [-0.05, 0) is 69.5 Å². The number of nitrogens with one attached hydrogen (secondary N) is 2. The fraction of sp³-hybridized carbons (Fsp3) is 0.348. The molecule has 0 radical (unpaired) electrons. The van der Waals surface area contributed by atoms with Crippen LogP contribution in [0.25, 0.3) is 5.82 Å². The van der Waals surface area contributed by atoms with Crippen molar-refractivity contribution in [3.8, 4) is 5.82 Å². The highest BCUT2D eigenvalue weighted by Gasteiger charge is 2.10. The Morgan fingerprint density at radius 2 is 1.94 bits per heavy atom. The quantitative estimate of drug-likeness (QED) is 0.271. The molecule has 1 unspecified atom stereocenters. The predicted molar refractivity (Wildman–Crippen MR) is 134 cm³/mol. The first kappa shape index (κ1) is 24.8. The normalized spacial score (nSPS) is 12.3. The lowest BCUT2D eigenvalue weighted by molar-refractivity contribution is 0.607. The largest absolute Gasteiger partial charge is 0.357 e. The number of hydrogen-bond acceptors (Lipinski definition) is 3. The molecule has 2 aromatic heterocycles. The van der Waals surface area contributed by atoms with Gasteiger partial charge in [-0.25, -0.2) is 19.0 Å². The van der Waals surface area contributed by atoms with E-state index < -0.39 is 0 Å². The molecule has 8 heteroatoms. The van der Waals surface area contributed by atoms with Crippen molar-refractivity contribution in [1.82, 2.24) is 25.4 Å². The van der Waals surface area contributed by atoms with E-state index in [0.29, 0.717) is 18.1 Å². The van der Waals surface area contributed by atoms with Gasteiger partial charge >= 0.3 is 0 Å². The maximum atomic E-state index is 13.9. The predicted octanol–water partition coefficient (Wildman–Crippen LogP) is 4.77. The molecule has 2 N–H and O–H groups in total. The number of benzene rings is 1. The van der Waals surface area contributed by atoms with E-state index in [4.69, 9.17) is 0 Å². The van der Waals surface area contributed by atoms with Gasteiger partial charge in [-0.2, -0.15) is 5.10 Å². The van der Waals surface area contributed by atoms with Crippen molar-refractivity contribution >= 4 is 29.9 Å². The molecule has 3 rings (SSSR count). The summed E-state index contributed by atoms with van der Waals surface area (Å²) in [5.74, 6) is 1.26. The Morgan fingerprint density at radius 1 is 1.16 bits per heavy atom. The van der Waals surface area contributed by atoms with Crippen LogP contribution in [0.5, 0.6) is 0 Å². The summed E-state index contributed by atoms with van der Waals surface area (Å²) in [4.78, 5) is 9.17. The molecule has 0 amide bonds. The van der Waals surface area contributed by atoms with Crippen molar-refractivity contribution in [3.05, 3.63) is 76.5 Å². The molecule has 2 heterocycles. The summed E-state index contributed by atoms with van der Waals surface area (Å²) in [5.41, 5.74) is 4.52. The van der Waals surface area contributed by atoms with Crippen LogP contribution in [0.15, 0.2) is 47.6 Å². The minimum Gasteiger partial charge on any atom is -0.357 e. The van der Waals surface area contributed by atoms with E-state index in [1.54, 1.807) is 19.1 Å². The second kappa shape index (κ2) is 11.2. The number of hydrogen-bond donors (Lipinski definition) is 2. The molecule has 0 aliphatic carbocycles. The Hall–Kier alpha value is -2.49. The lowest BCUT2D eigenvalue weighted by Gasteiger charge is -2.18. The fourth-order valence-electron chi connectivity index (χ4n) is 3.15. The third-order valence-electron chi connectivity index (χ3n) is 4.85. The average molecular weight is 536 g/mol. The van der Waals surface area contributed by atoms with E-state index in [9.17, 15) is 4.39 Å². The monoisotopic (exact) mass is 536 g/mol. The van der Waals surface area contributed by atoms with Gasteiger partial charge in [0.2, 0.25) is 0 Å². The molecule has 0 bridgehead atoms. The maximum Gasteiger partial charge on any atom is 0.192 e. The van der Waals surface area contributed by atoms with Crippen LogP contribution in [-0.2, 0) is 6.54 Å². The van der Waals surface area contributed by atoms with Crippen LogP contribution >= 0.6 is 24.0 Å². The first-order valence-electron chi connectivity index (χ1n) is 10.2. The van der Waals surface area contributed by atoms with Gasteiger partial charge in [0.05, 0.1) is 18.3 Å². The first-order chi connectivity index (χ1) is 14.4. The van der Waals surface area contributed by atoms with Gasteiger partial charge in [0.1, 0.15) is 5.82 Å². The third kappa shape index (κ3) is 6.49. The van der Waals surface area contributed by atoms with Crippen LogP contribution in [0.2, 0.25) is 0 Å². The van der Waals surface area contributed by atoms with Crippen molar-refractivity contribution < 1.29 is 4.39 Å². The number of halogens is 2. The summed E-state index contributed by atoms with van der Waals surface area (Å²) in [6, 6.07) is 11.2. The molecular weight excluding hydrogens is 506 g/mol. The highest BCUT2D eigenvalue weighted by Crippen LogP contribution is 2.16. The van der Waals surface area contributed by atoms with Gasteiger partial charge in [0, 0.05) is 18.4 Å². The molecular formula is C23H30FIN6. The van der Waals surface area contributed by atoms with Crippen molar-refractivity contribution in [2.45, 2.75) is 47.2 Å². The van der Waals surface area contributed by atoms with Crippen LogP contribution in [0.1, 0.15) is 48.0 Å². The topological polar surface area (TPSA) is 67.1 Å². The molecule has 0 aliphatic rings. The molecule has 0 saturated carbocycles. The number of aliphatic imine (C=N–C) groups is 1. The average Bonchev–Trinajstić information content (AvgIpc) is 3.06. The van der Waals surface area contributed by atoms with Gasteiger partial charge in [0.25, 0.3) is 0 Å². The summed E-state index contributed by atoms with van der Waals surface area (Å²) >= 11 is 0. The number of aryl methyl sites for hydroxylation is 3. The lowest BCUT2D eigenvalue weighted by atomic mass is 10.1. The van der Waals surface area contributed by atoms with Gasteiger partial charge < -0.3 is 10.6 Å². The Kier molecular flexibility index (Phi) is 8.97. The molecule has 3 aromatic rings. The Labute approximate surface area is 200 Å². The highest BCUT2D eigenvalue weighted by atomic mass is 127. The van der Waals surface area contributed by atoms with E-state index in [0.717, 1.165) is 34.9 Å². The fourth-order valence-corrected chi connectivity index (χ4v) is 3.15. The third-order valence-corrected chi connectivity index (χ3v) is 4.85. The van der Waals surface area contributed by atoms with Gasteiger partial charge in [-0.1, -0.05) is 18.2 Å². The molecule has 0 spiro atoms. The zero-order valence-electron chi connectivity index (χ0n) is 18.6. The minimum absolute atomic E-state index is 0. The van der Waals surface area contributed by atoms with E-state index in [2.05, 4.69) is 25.7 Å². The van der Waals surface area contributed by atoms with E-state index in [-0.39, 0.29) is 35.8 Å². The van der Waals surface area contributed by atoms with Crippen LogP contribution in [0.4, 0.5) is 4.39 Å². The van der Waals surface area contributed by atoms with Crippen LogP contribution < -0.4 is 10.6 Å². The summed E-state index contributed by atoms with van der Waals surface area (Å²) in [5, 5.41) is 11.0. The summed E-state index contributed by atoms with van der Waals surface area (Å²) in [6.45, 7) is 10.9. The molecule has 0 saturated heterocycles. The number of guanidine groups is 1. The second-order valence-electron chi connectivity index (χ2n) is 7.43. The van der Waals surface area contributed by atoms with E-state index in [1.807, 2.05) is 62.8 Å². The van der Waals surface area contributed by atoms with Crippen LogP contribution in [0, 0.1) is 26.6 Å². The zero-order chi connectivity index (χ0) is 21.7.